The average Bonchev–Trinajstić information content (AvgIpc) is 2.59. The average molecular weight is 306 g/mol. The Balaban J connectivity index is 1.87. The first kappa shape index (κ1) is 15.4. The van der Waals surface area contributed by atoms with Crippen LogP contribution in [0, 0.1) is 12.7 Å². The summed E-state index contributed by atoms with van der Waals surface area (Å²) in [6.07, 6.45) is 1.80. The van der Waals surface area contributed by atoms with E-state index in [4.69, 9.17) is 0 Å². The van der Waals surface area contributed by atoms with Crippen LogP contribution in [0.15, 0.2) is 72.9 Å². The van der Waals surface area contributed by atoms with Crippen molar-refractivity contribution in [3.63, 3.8) is 0 Å². The number of aryl methyl sites for hydroxylation is 1. The number of nitrogens with one attached hydrogen (secondary N) is 1. The normalized spacial score (nSPS) is 12.1. The minimum atomic E-state index is -0.219. The maximum absolute atomic E-state index is 13.2. The van der Waals surface area contributed by atoms with E-state index < -0.39 is 0 Å². The first-order chi connectivity index (χ1) is 11.2. The largest absolute Gasteiger partial charge is 0.302 e. The predicted octanol–water partition coefficient (Wildman–Crippen LogP) is 4.41. The van der Waals surface area contributed by atoms with E-state index in [9.17, 15) is 4.39 Å². The van der Waals surface area contributed by atoms with E-state index in [-0.39, 0.29) is 11.9 Å². The summed E-state index contributed by atoms with van der Waals surface area (Å²) in [5.74, 6) is -0.219. The summed E-state index contributed by atoms with van der Waals surface area (Å²) < 4.78 is 13.2. The molecular formula is C20H19FN2. The zero-order valence-electron chi connectivity index (χ0n) is 13.0. The van der Waals surface area contributed by atoms with Crippen molar-refractivity contribution in [2.45, 2.75) is 19.5 Å². The summed E-state index contributed by atoms with van der Waals surface area (Å²) in [6, 6.07) is 20.9. The molecule has 0 saturated carbocycles. The Labute approximate surface area is 136 Å². The number of hydrogen-bond donors (Lipinski definition) is 1. The molecule has 116 valence electrons. The van der Waals surface area contributed by atoms with Crippen molar-refractivity contribution < 1.29 is 4.39 Å². The van der Waals surface area contributed by atoms with Crippen LogP contribution in [0.4, 0.5) is 4.39 Å². The summed E-state index contributed by atoms with van der Waals surface area (Å²) in [5, 5.41) is 3.57. The molecule has 0 radical (unpaired) electrons. The van der Waals surface area contributed by atoms with Crippen LogP contribution in [-0.4, -0.2) is 4.98 Å². The fourth-order valence-corrected chi connectivity index (χ4v) is 2.65. The molecule has 0 aliphatic carbocycles. The standard InChI is InChI=1S/C20H19FN2/c1-15-18(8-5-13-22-15)14-23-20(16-6-3-2-4-7-16)17-9-11-19(21)12-10-17/h2-13,20,23H,14H2,1H3. The maximum atomic E-state index is 13.2. The summed E-state index contributed by atoms with van der Waals surface area (Å²) in [7, 11) is 0. The van der Waals surface area contributed by atoms with E-state index in [1.165, 1.54) is 12.1 Å². The van der Waals surface area contributed by atoms with E-state index in [0.29, 0.717) is 6.54 Å². The molecule has 1 heterocycles. The van der Waals surface area contributed by atoms with Crippen LogP contribution in [-0.2, 0) is 6.54 Å². The van der Waals surface area contributed by atoms with Gasteiger partial charge in [-0.05, 0) is 41.8 Å². The van der Waals surface area contributed by atoms with Crippen molar-refractivity contribution in [2.24, 2.45) is 0 Å². The third-order valence-corrected chi connectivity index (χ3v) is 3.95. The van der Waals surface area contributed by atoms with Gasteiger partial charge in [-0.15, -0.1) is 0 Å². The molecule has 3 rings (SSSR count). The SMILES string of the molecule is Cc1ncccc1CNC(c1ccccc1)c1ccc(F)cc1. The van der Waals surface area contributed by atoms with Crippen molar-refractivity contribution >= 4 is 0 Å². The molecule has 0 amide bonds. The molecule has 0 aliphatic rings. The highest BCUT2D eigenvalue weighted by Crippen LogP contribution is 2.23. The van der Waals surface area contributed by atoms with Gasteiger partial charge in [0, 0.05) is 18.4 Å². The Morgan fingerprint density at radius 2 is 1.61 bits per heavy atom. The van der Waals surface area contributed by atoms with E-state index >= 15 is 0 Å². The molecule has 0 bridgehead atoms. The number of aromatic nitrogens is 1. The van der Waals surface area contributed by atoms with Crippen LogP contribution < -0.4 is 5.32 Å². The second-order valence-electron chi connectivity index (χ2n) is 5.52. The lowest BCUT2D eigenvalue weighted by Crippen LogP contribution is -2.22. The molecular weight excluding hydrogens is 287 g/mol. The number of halogens is 1. The van der Waals surface area contributed by atoms with Gasteiger partial charge in [-0.25, -0.2) is 4.39 Å². The number of nitrogens with zero attached hydrogens (tertiary/aromatic N) is 1. The second kappa shape index (κ2) is 7.16. The van der Waals surface area contributed by atoms with E-state index in [2.05, 4.69) is 28.5 Å². The first-order valence-corrected chi connectivity index (χ1v) is 7.68. The molecule has 2 aromatic carbocycles. The Morgan fingerprint density at radius 1 is 0.913 bits per heavy atom. The van der Waals surface area contributed by atoms with E-state index in [1.807, 2.05) is 43.3 Å². The summed E-state index contributed by atoms with van der Waals surface area (Å²) in [4.78, 5) is 4.32. The molecule has 0 aliphatic heterocycles. The van der Waals surface area contributed by atoms with Gasteiger partial charge in [-0.1, -0.05) is 48.5 Å². The highest BCUT2D eigenvalue weighted by Gasteiger charge is 2.14. The Kier molecular flexibility index (Phi) is 4.79. The lowest BCUT2D eigenvalue weighted by molar-refractivity contribution is 0.595. The van der Waals surface area contributed by atoms with Gasteiger partial charge in [0.2, 0.25) is 0 Å². The molecule has 1 N–H and O–H groups in total. The zero-order chi connectivity index (χ0) is 16.1. The van der Waals surface area contributed by atoms with Gasteiger partial charge in [0.1, 0.15) is 5.82 Å². The number of rotatable bonds is 5. The minimum absolute atomic E-state index is 0.0106. The lowest BCUT2D eigenvalue weighted by Gasteiger charge is -2.20. The summed E-state index contributed by atoms with van der Waals surface area (Å²) in [6.45, 7) is 2.71. The fourth-order valence-electron chi connectivity index (χ4n) is 2.65. The summed E-state index contributed by atoms with van der Waals surface area (Å²) in [5.41, 5.74) is 4.38. The van der Waals surface area contributed by atoms with Crippen LogP contribution in [0.1, 0.15) is 28.4 Å². The molecule has 3 aromatic rings. The van der Waals surface area contributed by atoms with Crippen molar-refractivity contribution in [3.05, 3.63) is 101 Å². The molecule has 0 fully saturated rings. The number of hydrogen-bond acceptors (Lipinski definition) is 2. The van der Waals surface area contributed by atoms with E-state index in [1.54, 1.807) is 6.20 Å². The Bertz CT molecular complexity index is 754. The third-order valence-electron chi connectivity index (χ3n) is 3.95. The monoisotopic (exact) mass is 306 g/mol. The lowest BCUT2D eigenvalue weighted by atomic mass is 9.98. The van der Waals surface area contributed by atoms with Gasteiger partial charge < -0.3 is 5.32 Å². The molecule has 23 heavy (non-hydrogen) atoms. The Morgan fingerprint density at radius 3 is 2.30 bits per heavy atom. The molecule has 1 unspecified atom stereocenters. The summed E-state index contributed by atoms with van der Waals surface area (Å²) >= 11 is 0. The third kappa shape index (κ3) is 3.82. The first-order valence-electron chi connectivity index (χ1n) is 7.68. The van der Waals surface area contributed by atoms with Crippen LogP contribution in [0.5, 0.6) is 0 Å². The topological polar surface area (TPSA) is 24.9 Å². The molecule has 2 nitrogen and oxygen atoms in total. The highest BCUT2D eigenvalue weighted by molar-refractivity contribution is 5.32. The van der Waals surface area contributed by atoms with Crippen LogP contribution in [0.3, 0.4) is 0 Å². The van der Waals surface area contributed by atoms with Gasteiger partial charge in [-0.2, -0.15) is 0 Å². The highest BCUT2D eigenvalue weighted by atomic mass is 19.1. The van der Waals surface area contributed by atoms with Crippen molar-refractivity contribution in [1.29, 1.82) is 0 Å². The molecule has 1 aromatic heterocycles. The molecule has 3 heteroatoms. The Hall–Kier alpha value is -2.52. The van der Waals surface area contributed by atoms with Crippen molar-refractivity contribution in [3.8, 4) is 0 Å². The molecule has 0 saturated heterocycles. The minimum Gasteiger partial charge on any atom is -0.302 e. The van der Waals surface area contributed by atoms with E-state index in [0.717, 1.165) is 22.4 Å². The second-order valence-corrected chi connectivity index (χ2v) is 5.52. The van der Waals surface area contributed by atoms with Crippen molar-refractivity contribution in [1.82, 2.24) is 10.3 Å². The quantitative estimate of drug-likeness (QED) is 0.755. The molecule has 0 spiro atoms. The number of benzene rings is 2. The number of pyridine rings is 1. The van der Waals surface area contributed by atoms with Gasteiger partial charge >= 0.3 is 0 Å². The maximum Gasteiger partial charge on any atom is 0.123 e. The predicted molar refractivity (Wildman–Crippen MR) is 90.5 cm³/mol. The van der Waals surface area contributed by atoms with Gasteiger partial charge in [-0.3, -0.25) is 4.98 Å². The van der Waals surface area contributed by atoms with Crippen molar-refractivity contribution in [2.75, 3.05) is 0 Å². The van der Waals surface area contributed by atoms with Crippen LogP contribution >= 0.6 is 0 Å². The van der Waals surface area contributed by atoms with Gasteiger partial charge in [0.15, 0.2) is 0 Å². The van der Waals surface area contributed by atoms with Gasteiger partial charge in [0.05, 0.1) is 6.04 Å². The van der Waals surface area contributed by atoms with Crippen LogP contribution in [0.25, 0.3) is 0 Å². The smallest absolute Gasteiger partial charge is 0.123 e. The van der Waals surface area contributed by atoms with Crippen LogP contribution in [0.2, 0.25) is 0 Å². The fraction of sp³-hybridized carbons (Fsp3) is 0.150. The zero-order valence-corrected chi connectivity index (χ0v) is 13.0. The van der Waals surface area contributed by atoms with Gasteiger partial charge in [0.25, 0.3) is 0 Å². The molecule has 1 atom stereocenters.